The van der Waals surface area contributed by atoms with Gasteiger partial charge in [-0.2, -0.15) is 0 Å². The van der Waals surface area contributed by atoms with Crippen LogP contribution in [0.1, 0.15) is 31.0 Å². The molecule has 1 fully saturated rings. The zero-order chi connectivity index (χ0) is 19.7. The smallest absolute Gasteiger partial charge is 0.240 e. The molecule has 1 aliphatic rings. The standard InChI is InChI=1S/C20H25N5O2S/c1-3-15-4-6-17(7-5-15)28(26,27)24-16-8-10-25(11-9-16)20-18-12-14(2)23-19(18)21-13-22-20/h4-7,12-13,16,24H,3,8-11H2,1-2H3,(H,21,22,23). The van der Waals surface area contributed by atoms with Crippen molar-refractivity contribution in [3.05, 3.63) is 47.9 Å². The Morgan fingerprint density at radius 1 is 1.18 bits per heavy atom. The Morgan fingerprint density at radius 3 is 2.57 bits per heavy atom. The maximum atomic E-state index is 12.7. The predicted octanol–water partition coefficient (Wildman–Crippen LogP) is 2.78. The van der Waals surface area contributed by atoms with E-state index >= 15 is 0 Å². The molecule has 2 aromatic heterocycles. The third-order valence-electron chi connectivity index (χ3n) is 5.30. The van der Waals surface area contributed by atoms with Gasteiger partial charge in [0.25, 0.3) is 0 Å². The van der Waals surface area contributed by atoms with Crippen LogP contribution in [0.5, 0.6) is 0 Å². The number of nitrogens with zero attached hydrogens (tertiary/aromatic N) is 3. The largest absolute Gasteiger partial charge is 0.356 e. The zero-order valence-electron chi connectivity index (χ0n) is 16.1. The second-order valence-electron chi connectivity index (χ2n) is 7.29. The number of hydrogen-bond acceptors (Lipinski definition) is 5. The van der Waals surface area contributed by atoms with Crippen LogP contribution in [0.25, 0.3) is 11.0 Å². The number of H-pyrrole nitrogens is 1. The number of anilines is 1. The van der Waals surface area contributed by atoms with E-state index in [0.717, 1.165) is 60.5 Å². The molecule has 3 heterocycles. The normalized spacial score (nSPS) is 16.0. The number of benzene rings is 1. The van der Waals surface area contributed by atoms with Crippen LogP contribution in [0.2, 0.25) is 0 Å². The lowest BCUT2D eigenvalue weighted by atomic mass is 10.1. The van der Waals surface area contributed by atoms with Crippen LogP contribution in [-0.4, -0.2) is 42.5 Å². The summed E-state index contributed by atoms with van der Waals surface area (Å²) in [7, 11) is -3.50. The third kappa shape index (κ3) is 3.74. The average Bonchev–Trinajstić information content (AvgIpc) is 3.08. The summed E-state index contributed by atoms with van der Waals surface area (Å²) in [6, 6.07) is 9.09. The molecule has 148 valence electrons. The molecule has 3 aromatic rings. The molecule has 8 heteroatoms. The van der Waals surface area contributed by atoms with Gasteiger partial charge in [0.2, 0.25) is 10.0 Å². The van der Waals surface area contributed by atoms with Crippen molar-refractivity contribution in [2.75, 3.05) is 18.0 Å². The van der Waals surface area contributed by atoms with Crippen molar-refractivity contribution in [1.82, 2.24) is 19.7 Å². The summed E-state index contributed by atoms with van der Waals surface area (Å²) in [6.07, 6.45) is 3.94. The highest BCUT2D eigenvalue weighted by atomic mass is 32.2. The maximum absolute atomic E-state index is 12.7. The summed E-state index contributed by atoms with van der Waals surface area (Å²) in [4.78, 5) is 14.5. The number of rotatable bonds is 5. The number of aromatic amines is 1. The van der Waals surface area contributed by atoms with Crippen molar-refractivity contribution in [2.24, 2.45) is 0 Å². The van der Waals surface area contributed by atoms with Crippen LogP contribution in [-0.2, 0) is 16.4 Å². The van der Waals surface area contributed by atoms with Crippen LogP contribution in [0, 0.1) is 6.92 Å². The van der Waals surface area contributed by atoms with Crippen LogP contribution in [0.15, 0.2) is 41.6 Å². The molecule has 0 amide bonds. The quantitative estimate of drug-likeness (QED) is 0.688. The Morgan fingerprint density at radius 2 is 1.89 bits per heavy atom. The molecule has 0 spiro atoms. The highest BCUT2D eigenvalue weighted by molar-refractivity contribution is 7.89. The van der Waals surface area contributed by atoms with E-state index in [1.165, 1.54) is 0 Å². The monoisotopic (exact) mass is 399 g/mol. The SMILES string of the molecule is CCc1ccc(S(=O)(=O)NC2CCN(c3ncnc4[nH]c(C)cc34)CC2)cc1. The fourth-order valence-electron chi connectivity index (χ4n) is 3.71. The first-order valence-electron chi connectivity index (χ1n) is 9.63. The van der Waals surface area contributed by atoms with Crippen molar-refractivity contribution in [2.45, 2.75) is 44.0 Å². The third-order valence-corrected chi connectivity index (χ3v) is 6.83. The van der Waals surface area contributed by atoms with Crippen molar-refractivity contribution in [3.8, 4) is 0 Å². The molecule has 1 saturated heterocycles. The number of nitrogens with one attached hydrogen (secondary N) is 2. The fraction of sp³-hybridized carbons (Fsp3) is 0.400. The zero-order valence-corrected chi connectivity index (χ0v) is 17.0. The van der Waals surface area contributed by atoms with Gasteiger partial charge in [-0.05, 0) is 49.9 Å². The Balaban J connectivity index is 1.43. The predicted molar refractivity (Wildman–Crippen MR) is 110 cm³/mol. The van der Waals surface area contributed by atoms with E-state index in [2.05, 4.69) is 37.6 Å². The van der Waals surface area contributed by atoms with E-state index in [0.29, 0.717) is 4.90 Å². The number of aryl methyl sites for hydroxylation is 2. The van der Waals surface area contributed by atoms with Gasteiger partial charge in [0, 0.05) is 24.8 Å². The van der Waals surface area contributed by atoms with Gasteiger partial charge in [-0.15, -0.1) is 0 Å². The van der Waals surface area contributed by atoms with Crippen LogP contribution in [0.3, 0.4) is 0 Å². The summed E-state index contributed by atoms with van der Waals surface area (Å²) in [5.74, 6) is 0.908. The van der Waals surface area contributed by atoms with E-state index in [9.17, 15) is 8.42 Å². The number of aromatic nitrogens is 3. The molecule has 4 rings (SSSR count). The molecule has 0 saturated carbocycles. The average molecular weight is 400 g/mol. The second kappa shape index (κ2) is 7.52. The molecule has 28 heavy (non-hydrogen) atoms. The van der Waals surface area contributed by atoms with Gasteiger partial charge in [-0.25, -0.2) is 23.1 Å². The molecule has 7 nitrogen and oxygen atoms in total. The fourth-order valence-corrected chi connectivity index (χ4v) is 5.02. The van der Waals surface area contributed by atoms with E-state index in [4.69, 9.17) is 0 Å². The number of fused-ring (bicyclic) bond motifs is 1. The van der Waals surface area contributed by atoms with Gasteiger partial charge in [-0.3, -0.25) is 0 Å². The van der Waals surface area contributed by atoms with Gasteiger partial charge in [0.05, 0.1) is 10.3 Å². The lowest BCUT2D eigenvalue weighted by Gasteiger charge is -2.33. The molecular weight excluding hydrogens is 374 g/mol. The molecule has 1 aromatic carbocycles. The Bertz CT molecular complexity index is 1070. The van der Waals surface area contributed by atoms with Crippen LogP contribution in [0.4, 0.5) is 5.82 Å². The Kier molecular flexibility index (Phi) is 5.07. The van der Waals surface area contributed by atoms with E-state index in [1.807, 2.05) is 19.1 Å². The second-order valence-corrected chi connectivity index (χ2v) is 9.01. The minimum absolute atomic E-state index is 0.0719. The van der Waals surface area contributed by atoms with Crippen LogP contribution >= 0.6 is 0 Å². The van der Waals surface area contributed by atoms with Crippen molar-refractivity contribution in [1.29, 1.82) is 0 Å². The number of sulfonamides is 1. The highest BCUT2D eigenvalue weighted by Crippen LogP contribution is 2.26. The van der Waals surface area contributed by atoms with Crippen molar-refractivity contribution in [3.63, 3.8) is 0 Å². The Hall–Kier alpha value is -2.45. The van der Waals surface area contributed by atoms with Crippen LogP contribution < -0.4 is 9.62 Å². The van der Waals surface area contributed by atoms with Gasteiger partial charge in [-0.1, -0.05) is 19.1 Å². The topological polar surface area (TPSA) is 91.0 Å². The molecule has 2 N–H and O–H groups in total. The highest BCUT2D eigenvalue weighted by Gasteiger charge is 2.26. The van der Waals surface area contributed by atoms with Gasteiger partial charge >= 0.3 is 0 Å². The molecular formula is C20H25N5O2S. The van der Waals surface area contributed by atoms with E-state index in [-0.39, 0.29) is 6.04 Å². The number of hydrogen-bond donors (Lipinski definition) is 2. The number of piperidine rings is 1. The first-order valence-corrected chi connectivity index (χ1v) is 11.1. The minimum Gasteiger partial charge on any atom is -0.356 e. The summed E-state index contributed by atoms with van der Waals surface area (Å²) in [5, 5.41) is 1.01. The first-order chi connectivity index (χ1) is 13.5. The molecule has 0 bridgehead atoms. The molecule has 0 unspecified atom stereocenters. The minimum atomic E-state index is -3.50. The van der Waals surface area contributed by atoms with E-state index < -0.39 is 10.0 Å². The molecule has 1 aliphatic heterocycles. The first kappa shape index (κ1) is 18.9. The van der Waals surface area contributed by atoms with Crippen molar-refractivity contribution >= 4 is 26.9 Å². The summed E-state index contributed by atoms with van der Waals surface area (Å²) < 4.78 is 28.2. The summed E-state index contributed by atoms with van der Waals surface area (Å²) in [6.45, 7) is 5.55. The maximum Gasteiger partial charge on any atom is 0.240 e. The lowest BCUT2D eigenvalue weighted by molar-refractivity contribution is 0.459. The Labute approximate surface area is 165 Å². The lowest BCUT2D eigenvalue weighted by Crippen LogP contribution is -2.44. The summed E-state index contributed by atoms with van der Waals surface area (Å²) in [5.41, 5.74) is 3.01. The molecule has 0 aliphatic carbocycles. The van der Waals surface area contributed by atoms with Gasteiger partial charge < -0.3 is 9.88 Å². The molecule has 0 radical (unpaired) electrons. The summed E-state index contributed by atoms with van der Waals surface area (Å²) >= 11 is 0. The van der Waals surface area contributed by atoms with Crippen molar-refractivity contribution < 1.29 is 8.42 Å². The molecule has 0 atom stereocenters. The van der Waals surface area contributed by atoms with E-state index in [1.54, 1.807) is 18.5 Å². The van der Waals surface area contributed by atoms with Gasteiger partial charge in [0.1, 0.15) is 17.8 Å². The van der Waals surface area contributed by atoms with Gasteiger partial charge in [0.15, 0.2) is 0 Å².